The summed E-state index contributed by atoms with van der Waals surface area (Å²) in [5.74, 6) is 0.780. The van der Waals surface area contributed by atoms with E-state index in [0.29, 0.717) is 0 Å². The normalized spacial score (nSPS) is 15.8. The molecule has 1 unspecified atom stereocenters. The molecule has 0 N–H and O–H groups in total. The van der Waals surface area contributed by atoms with Crippen LogP contribution in [0, 0.1) is 0 Å². The summed E-state index contributed by atoms with van der Waals surface area (Å²) >= 11 is 0. The zero-order chi connectivity index (χ0) is 34.4. The van der Waals surface area contributed by atoms with Gasteiger partial charge in [-0.3, -0.25) is 4.99 Å². The van der Waals surface area contributed by atoms with Gasteiger partial charge in [0.2, 0.25) is 0 Å². The predicted octanol–water partition coefficient (Wildman–Crippen LogP) is 12.4. The van der Waals surface area contributed by atoms with Gasteiger partial charge in [-0.25, -0.2) is 4.99 Å². The molecule has 1 aliphatic heterocycles. The summed E-state index contributed by atoms with van der Waals surface area (Å²) in [7, 11) is 0. The average molecular weight is 655 g/mol. The fourth-order valence-corrected chi connectivity index (χ4v) is 7.95. The summed E-state index contributed by atoms with van der Waals surface area (Å²) in [5.41, 5.74) is 17.2. The Kier molecular flexibility index (Phi) is 7.66. The fourth-order valence-electron chi connectivity index (χ4n) is 7.95. The van der Waals surface area contributed by atoms with Gasteiger partial charge in [0.1, 0.15) is 0 Å². The van der Waals surface area contributed by atoms with Crippen LogP contribution < -0.4 is 0 Å². The Hall–Kier alpha value is -6.12. The third-order valence-electron chi connectivity index (χ3n) is 10.7. The van der Waals surface area contributed by atoms with Crippen LogP contribution in [0.4, 0.5) is 0 Å². The summed E-state index contributed by atoms with van der Waals surface area (Å²) in [6.07, 6.45) is 0.732. The van der Waals surface area contributed by atoms with Gasteiger partial charge in [-0.2, -0.15) is 0 Å². The zero-order valence-electron chi connectivity index (χ0n) is 28.9. The molecule has 0 radical (unpaired) electrons. The van der Waals surface area contributed by atoms with Crippen LogP contribution in [-0.4, -0.2) is 11.5 Å². The summed E-state index contributed by atoms with van der Waals surface area (Å²) in [6.45, 7) is 4.69. The maximum atomic E-state index is 5.21. The van der Waals surface area contributed by atoms with E-state index in [1.807, 2.05) is 6.07 Å². The topological polar surface area (TPSA) is 24.7 Å². The Morgan fingerprint density at radius 3 is 1.73 bits per heavy atom. The maximum absolute atomic E-state index is 5.21. The van der Waals surface area contributed by atoms with Crippen LogP contribution in [0.1, 0.15) is 54.1 Å². The van der Waals surface area contributed by atoms with Gasteiger partial charge in [0.15, 0.2) is 5.84 Å². The standard InChI is InChI=1S/C49H38N2/c1-49(2)43-24-10-9-22-42(43)47-41(23-13-25-44(47)49)39-20-11-18-37(30-39)38-19-12-21-40(31-38)46-32-45(50-48(51-46)36-16-7-4-8-17-36)35-28-26-34(27-29-35)33-14-5-3-6-15-33/h3-31,45H,32H2,1-2H3. The molecule has 1 aliphatic carbocycles. The molecule has 0 saturated heterocycles. The van der Waals surface area contributed by atoms with Crippen molar-refractivity contribution in [3.63, 3.8) is 0 Å². The maximum Gasteiger partial charge on any atom is 0.155 e. The molecule has 1 atom stereocenters. The third kappa shape index (κ3) is 5.63. The van der Waals surface area contributed by atoms with Gasteiger partial charge in [-0.15, -0.1) is 0 Å². The Labute approximate surface area is 300 Å². The first-order chi connectivity index (χ1) is 25.0. The summed E-state index contributed by atoms with van der Waals surface area (Å²) < 4.78 is 0. The molecule has 2 aliphatic rings. The van der Waals surface area contributed by atoms with Crippen LogP contribution in [0.3, 0.4) is 0 Å². The van der Waals surface area contributed by atoms with Crippen molar-refractivity contribution in [2.24, 2.45) is 9.98 Å². The van der Waals surface area contributed by atoms with Crippen molar-refractivity contribution in [2.45, 2.75) is 31.7 Å². The van der Waals surface area contributed by atoms with E-state index in [2.05, 4.69) is 184 Å². The van der Waals surface area contributed by atoms with E-state index in [9.17, 15) is 0 Å². The second-order valence-corrected chi connectivity index (χ2v) is 14.1. The number of benzene rings is 7. The lowest BCUT2D eigenvalue weighted by Gasteiger charge is -2.22. The Morgan fingerprint density at radius 1 is 0.451 bits per heavy atom. The highest BCUT2D eigenvalue weighted by Crippen LogP contribution is 2.52. The smallest absolute Gasteiger partial charge is 0.155 e. The van der Waals surface area contributed by atoms with Gasteiger partial charge < -0.3 is 0 Å². The van der Waals surface area contributed by atoms with Crippen molar-refractivity contribution < 1.29 is 0 Å². The first kappa shape index (κ1) is 30.9. The number of hydrogen-bond donors (Lipinski definition) is 0. The predicted molar refractivity (Wildman–Crippen MR) is 214 cm³/mol. The van der Waals surface area contributed by atoms with E-state index in [1.54, 1.807) is 0 Å². The number of aliphatic imine (C=N–C) groups is 2. The molecule has 7 aromatic rings. The van der Waals surface area contributed by atoms with E-state index in [-0.39, 0.29) is 11.5 Å². The molecule has 0 fully saturated rings. The Bertz CT molecular complexity index is 2450. The molecule has 2 heteroatoms. The van der Waals surface area contributed by atoms with Crippen LogP contribution in [0.15, 0.2) is 186 Å². The van der Waals surface area contributed by atoms with Gasteiger partial charge >= 0.3 is 0 Å². The van der Waals surface area contributed by atoms with Gasteiger partial charge in [-0.05, 0) is 78.9 Å². The molecule has 0 aromatic heterocycles. The lowest BCUT2D eigenvalue weighted by Crippen LogP contribution is -2.17. The first-order valence-electron chi connectivity index (χ1n) is 17.8. The zero-order valence-corrected chi connectivity index (χ0v) is 28.9. The van der Waals surface area contributed by atoms with E-state index < -0.39 is 0 Å². The average Bonchev–Trinajstić information content (AvgIpc) is 3.44. The fraction of sp³-hybridized carbons (Fsp3) is 0.102. The van der Waals surface area contributed by atoms with E-state index >= 15 is 0 Å². The molecule has 1 heterocycles. The second-order valence-electron chi connectivity index (χ2n) is 14.1. The molecule has 244 valence electrons. The highest BCUT2D eigenvalue weighted by atomic mass is 15.0. The van der Waals surface area contributed by atoms with Crippen molar-refractivity contribution >= 4 is 11.5 Å². The van der Waals surface area contributed by atoms with Crippen LogP contribution >= 0.6 is 0 Å². The van der Waals surface area contributed by atoms with E-state index in [1.165, 1.54) is 61.2 Å². The molecule has 7 aromatic carbocycles. The number of nitrogens with zero attached hydrogens (tertiary/aromatic N) is 2. The van der Waals surface area contributed by atoms with Crippen molar-refractivity contribution in [2.75, 3.05) is 0 Å². The summed E-state index contributed by atoms with van der Waals surface area (Å²) in [4.78, 5) is 10.4. The van der Waals surface area contributed by atoms with Crippen LogP contribution in [0.2, 0.25) is 0 Å². The highest BCUT2D eigenvalue weighted by molar-refractivity contribution is 6.14. The van der Waals surface area contributed by atoms with Crippen molar-refractivity contribution in [1.82, 2.24) is 0 Å². The van der Waals surface area contributed by atoms with Crippen LogP contribution in [0.25, 0.3) is 44.5 Å². The molecule has 2 nitrogen and oxygen atoms in total. The molecule has 51 heavy (non-hydrogen) atoms. The van der Waals surface area contributed by atoms with Crippen molar-refractivity contribution in [1.29, 1.82) is 0 Å². The lowest BCUT2D eigenvalue weighted by atomic mass is 9.82. The highest BCUT2D eigenvalue weighted by Gasteiger charge is 2.36. The molecular weight excluding hydrogens is 617 g/mol. The number of hydrogen-bond acceptors (Lipinski definition) is 2. The number of rotatable bonds is 6. The minimum atomic E-state index is -0.0307. The molecule has 0 amide bonds. The third-order valence-corrected chi connectivity index (χ3v) is 10.7. The summed E-state index contributed by atoms with van der Waals surface area (Å²) in [6, 6.07) is 63.3. The minimum Gasteiger partial charge on any atom is -0.258 e. The number of amidine groups is 1. The van der Waals surface area contributed by atoms with Crippen molar-refractivity contribution in [3.8, 4) is 44.5 Å². The van der Waals surface area contributed by atoms with Crippen LogP contribution in [-0.2, 0) is 5.41 Å². The van der Waals surface area contributed by atoms with Crippen molar-refractivity contribution in [3.05, 3.63) is 204 Å². The molecule has 0 bridgehead atoms. The molecule has 0 saturated carbocycles. The molecule has 0 spiro atoms. The molecule has 9 rings (SSSR count). The van der Waals surface area contributed by atoms with Gasteiger partial charge in [0, 0.05) is 17.4 Å². The quantitative estimate of drug-likeness (QED) is 0.170. The van der Waals surface area contributed by atoms with Gasteiger partial charge in [0.05, 0.1) is 11.8 Å². The van der Waals surface area contributed by atoms with Crippen LogP contribution in [0.5, 0.6) is 0 Å². The lowest BCUT2D eigenvalue weighted by molar-refractivity contribution is 0.660. The Balaban J connectivity index is 1.07. The van der Waals surface area contributed by atoms with Gasteiger partial charge in [-0.1, -0.05) is 178 Å². The molecular formula is C49H38N2. The summed E-state index contributed by atoms with van der Waals surface area (Å²) in [5, 5.41) is 0. The second kappa shape index (κ2) is 12.6. The van der Waals surface area contributed by atoms with E-state index in [0.717, 1.165) is 29.1 Å². The van der Waals surface area contributed by atoms with Gasteiger partial charge in [0.25, 0.3) is 0 Å². The monoisotopic (exact) mass is 654 g/mol. The van der Waals surface area contributed by atoms with E-state index in [4.69, 9.17) is 9.98 Å². The SMILES string of the molecule is CC1(C)c2ccccc2-c2c(-c3cccc(-c4cccc(C5=NC(c6ccccc6)=NC(c6ccc(-c7ccccc7)cc6)C5)c4)c3)cccc21. The number of fused-ring (bicyclic) bond motifs is 3. The largest absolute Gasteiger partial charge is 0.258 e. The minimum absolute atomic E-state index is 0.0295. The Morgan fingerprint density at radius 2 is 0.980 bits per heavy atom. The first-order valence-corrected chi connectivity index (χ1v) is 17.8.